The molecule has 3 aromatic carbocycles. The summed E-state index contributed by atoms with van der Waals surface area (Å²) >= 11 is 0. The fourth-order valence-electron chi connectivity index (χ4n) is 2.95. The van der Waals surface area contributed by atoms with Crippen LogP contribution in [0.3, 0.4) is 0 Å². The Hall–Kier alpha value is -0.746. The predicted octanol–water partition coefficient (Wildman–Crippen LogP) is -0.611. The fourth-order valence-corrected chi connectivity index (χ4v) is 5.23. The molecular formula is C21H17Cl2PTi. The molecule has 0 N–H and O–H groups in total. The normalized spacial score (nSPS) is 16.4. The van der Waals surface area contributed by atoms with Crippen LogP contribution in [0.15, 0.2) is 89.8 Å². The summed E-state index contributed by atoms with van der Waals surface area (Å²) in [6.45, 7) is 0. The zero-order valence-electron chi connectivity index (χ0n) is 13.6. The van der Waals surface area contributed by atoms with Gasteiger partial charge in [0.05, 0.1) is 0 Å². The van der Waals surface area contributed by atoms with E-state index in [0.29, 0.717) is 0 Å². The van der Waals surface area contributed by atoms with Crippen molar-refractivity contribution in [3.63, 3.8) is 0 Å². The molecule has 0 bridgehead atoms. The first-order valence-corrected chi connectivity index (χ1v) is 9.18. The molecule has 0 spiro atoms. The molecule has 0 nitrogen and oxygen atoms in total. The van der Waals surface area contributed by atoms with Gasteiger partial charge in [-0.25, -0.2) is 0 Å². The second kappa shape index (κ2) is 10.4. The minimum absolute atomic E-state index is 0. The van der Waals surface area contributed by atoms with E-state index < -0.39 is 0 Å². The Morgan fingerprint density at radius 1 is 0.880 bits per heavy atom. The summed E-state index contributed by atoms with van der Waals surface area (Å²) in [5.41, 5.74) is 1.56. The number of hydrogen-bond donors (Lipinski definition) is 0. The third kappa shape index (κ3) is 4.91. The van der Waals surface area contributed by atoms with Gasteiger partial charge in [0, 0.05) is 0 Å². The fraction of sp³-hybridized carbons (Fsp3) is 0.0952. The molecule has 1 aliphatic carbocycles. The second-order valence-electron chi connectivity index (χ2n) is 5.54. The first-order chi connectivity index (χ1) is 10.9. The first-order valence-electron chi connectivity index (χ1n) is 7.65. The van der Waals surface area contributed by atoms with Gasteiger partial charge < -0.3 is 24.8 Å². The van der Waals surface area contributed by atoms with Crippen molar-refractivity contribution < 1.29 is 46.5 Å². The number of halogens is 2. The van der Waals surface area contributed by atoms with Gasteiger partial charge in [-0.2, -0.15) is 34.5 Å². The van der Waals surface area contributed by atoms with Crippen LogP contribution in [-0.2, 0) is 21.7 Å². The molecule has 1 heterocycles. The molecule has 2 aliphatic rings. The molecule has 0 saturated carbocycles. The Labute approximate surface area is 178 Å². The van der Waals surface area contributed by atoms with E-state index in [2.05, 4.69) is 84.9 Å². The van der Waals surface area contributed by atoms with E-state index in [1.165, 1.54) is 27.6 Å². The third-order valence-corrected chi connectivity index (χ3v) is 6.70. The van der Waals surface area contributed by atoms with Crippen molar-refractivity contribution in [2.45, 2.75) is 6.42 Å². The Kier molecular flexibility index (Phi) is 9.29. The minimum atomic E-state index is 0. The van der Waals surface area contributed by atoms with Crippen LogP contribution in [0.2, 0.25) is 0 Å². The topological polar surface area (TPSA) is 0 Å². The summed E-state index contributed by atoms with van der Waals surface area (Å²) in [6.07, 6.45) is 8.12. The van der Waals surface area contributed by atoms with Crippen LogP contribution >= 0.6 is 7.92 Å². The van der Waals surface area contributed by atoms with Crippen molar-refractivity contribution in [2.24, 2.45) is 0 Å². The van der Waals surface area contributed by atoms with Crippen LogP contribution in [0.1, 0.15) is 6.42 Å². The van der Waals surface area contributed by atoms with Crippen molar-refractivity contribution in [2.75, 3.05) is 6.16 Å². The monoisotopic (exact) mass is 418 g/mol. The Bertz CT molecular complexity index is 822. The van der Waals surface area contributed by atoms with Crippen molar-refractivity contribution in [3.8, 4) is 0 Å². The number of allylic oxidation sites excluding steroid dienone is 4. The summed E-state index contributed by atoms with van der Waals surface area (Å²) in [6, 6.07) is 25.5. The van der Waals surface area contributed by atoms with Crippen LogP contribution in [0, 0.1) is 6.08 Å². The molecule has 0 radical (unpaired) electrons. The first kappa shape index (κ1) is 22.3. The Morgan fingerprint density at radius 2 is 1.60 bits per heavy atom. The molecule has 25 heavy (non-hydrogen) atoms. The number of fused-ring (bicyclic) bond motifs is 2. The molecule has 1 atom stereocenters. The summed E-state index contributed by atoms with van der Waals surface area (Å²) in [5.74, 6) is 0. The Balaban J connectivity index is 0.000000234. The summed E-state index contributed by atoms with van der Waals surface area (Å²) in [4.78, 5) is 0. The molecule has 0 aromatic heterocycles. The maximum absolute atomic E-state index is 3.46. The smallest absolute Gasteiger partial charge is 1.00 e. The average Bonchev–Trinajstić information content (AvgIpc) is 3.16. The SMILES string of the molecule is [C-]1=C2C(=CC1)CP2c1ccccc1.[Cl-].[Cl-].[Ti+4].c1ccc2[cH-]ccc2c1. The van der Waals surface area contributed by atoms with E-state index in [4.69, 9.17) is 0 Å². The molecule has 5 rings (SSSR count). The van der Waals surface area contributed by atoms with Crippen molar-refractivity contribution >= 4 is 24.0 Å². The standard InChI is InChI=1S/C12H10P.C9H7.2ClH.Ti/c1-2-6-11(7-3-1)13-9-10-5-4-8-12(10)13;1-2-5-9-7-3-6-8(9)4-1;;;/h1-3,5-7H,4,9H2;1-7H;2*1H;/q2*-1;;;+4/p-2. The van der Waals surface area contributed by atoms with Crippen LogP contribution in [0.25, 0.3) is 10.8 Å². The molecule has 3 aromatic rings. The van der Waals surface area contributed by atoms with E-state index >= 15 is 0 Å². The average molecular weight is 419 g/mol. The van der Waals surface area contributed by atoms with Crippen LogP contribution < -0.4 is 30.1 Å². The van der Waals surface area contributed by atoms with Gasteiger partial charge in [-0.1, -0.05) is 50.5 Å². The van der Waals surface area contributed by atoms with Crippen LogP contribution in [0.5, 0.6) is 0 Å². The molecule has 1 fully saturated rings. The molecule has 1 aliphatic heterocycles. The van der Waals surface area contributed by atoms with Crippen molar-refractivity contribution in [1.82, 2.24) is 0 Å². The van der Waals surface area contributed by atoms with Gasteiger partial charge in [-0.15, -0.1) is 36.1 Å². The van der Waals surface area contributed by atoms with E-state index in [1.54, 1.807) is 5.57 Å². The van der Waals surface area contributed by atoms with Crippen LogP contribution in [-0.4, -0.2) is 6.16 Å². The number of rotatable bonds is 1. The van der Waals surface area contributed by atoms with E-state index in [-0.39, 0.29) is 54.5 Å². The molecular weight excluding hydrogens is 402 g/mol. The van der Waals surface area contributed by atoms with E-state index in [0.717, 1.165) is 6.42 Å². The van der Waals surface area contributed by atoms with Gasteiger partial charge >= 0.3 is 21.7 Å². The van der Waals surface area contributed by atoms with Gasteiger partial charge in [0.1, 0.15) is 0 Å². The molecule has 1 unspecified atom stereocenters. The molecule has 0 amide bonds. The van der Waals surface area contributed by atoms with Crippen molar-refractivity contribution in [1.29, 1.82) is 0 Å². The zero-order valence-corrected chi connectivity index (χ0v) is 17.6. The third-order valence-electron chi connectivity index (χ3n) is 4.14. The summed E-state index contributed by atoms with van der Waals surface area (Å²) in [5, 5.41) is 5.70. The van der Waals surface area contributed by atoms with E-state index in [9.17, 15) is 0 Å². The van der Waals surface area contributed by atoms with Crippen molar-refractivity contribution in [3.05, 3.63) is 95.8 Å². The van der Waals surface area contributed by atoms with Gasteiger partial charge in [-0.05, 0) is 5.30 Å². The summed E-state index contributed by atoms with van der Waals surface area (Å²) < 4.78 is 0. The minimum Gasteiger partial charge on any atom is -1.00 e. The van der Waals surface area contributed by atoms with Gasteiger partial charge in [0.25, 0.3) is 0 Å². The van der Waals surface area contributed by atoms with E-state index in [1.807, 2.05) is 0 Å². The summed E-state index contributed by atoms with van der Waals surface area (Å²) in [7, 11) is 0.00399. The predicted molar refractivity (Wildman–Crippen MR) is 96.9 cm³/mol. The second-order valence-corrected chi connectivity index (χ2v) is 7.67. The van der Waals surface area contributed by atoms with Gasteiger partial charge in [0.15, 0.2) is 0 Å². The molecule has 124 valence electrons. The van der Waals surface area contributed by atoms with Gasteiger partial charge in [-0.3, -0.25) is 6.08 Å². The van der Waals surface area contributed by atoms with Crippen LogP contribution in [0.4, 0.5) is 0 Å². The largest absolute Gasteiger partial charge is 4.00 e. The number of hydrogen-bond acceptors (Lipinski definition) is 0. The maximum atomic E-state index is 3.46. The quantitative estimate of drug-likeness (QED) is 0.281. The Morgan fingerprint density at radius 3 is 2.32 bits per heavy atom. The van der Waals surface area contributed by atoms with Gasteiger partial charge in [0.2, 0.25) is 0 Å². The molecule has 4 heteroatoms. The number of benzene rings is 2. The molecule has 1 saturated heterocycles. The zero-order chi connectivity index (χ0) is 14.8. The maximum Gasteiger partial charge on any atom is 4.00 e.